The number of aromatic nitrogens is 1. The number of pyridine rings is 1. The third kappa shape index (κ3) is 2.00. The highest BCUT2D eigenvalue weighted by Gasteiger charge is 2.05. The molecule has 0 spiro atoms. The molecular formula is C11H12N2. The van der Waals surface area contributed by atoms with Gasteiger partial charge in [-0.1, -0.05) is 0 Å². The van der Waals surface area contributed by atoms with Crippen LogP contribution in [0.25, 0.3) is 0 Å². The molecule has 66 valence electrons. The molecule has 0 aliphatic carbocycles. The van der Waals surface area contributed by atoms with Crippen molar-refractivity contribution in [1.82, 2.24) is 4.98 Å². The summed E-state index contributed by atoms with van der Waals surface area (Å²) < 4.78 is 0. The van der Waals surface area contributed by atoms with E-state index in [1.165, 1.54) is 5.69 Å². The quantitative estimate of drug-likeness (QED) is 0.599. The van der Waals surface area contributed by atoms with E-state index in [0.29, 0.717) is 0 Å². The molecule has 1 aromatic heterocycles. The van der Waals surface area contributed by atoms with Gasteiger partial charge in [0.1, 0.15) is 0 Å². The Hall–Kier alpha value is -1.49. The Morgan fingerprint density at radius 3 is 2.31 bits per heavy atom. The van der Waals surface area contributed by atoms with Crippen LogP contribution in [0.5, 0.6) is 0 Å². The standard InChI is InChI=1S/C11H12N2/c1-2-4-10-13(9-3-1)11-5-7-12-8-6-11/h5-8H,3-4,9-10H2. The van der Waals surface area contributed by atoms with Crippen molar-refractivity contribution in [2.75, 3.05) is 18.0 Å². The molecule has 0 amide bonds. The van der Waals surface area contributed by atoms with E-state index in [-0.39, 0.29) is 0 Å². The molecule has 2 heterocycles. The molecule has 1 aromatic rings. The van der Waals surface area contributed by atoms with Crippen LogP contribution in [0, 0.1) is 11.8 Å². The van der Waals surface area contributed by atoms with Gasteiger partial charge in [-0.25, -0.2) is 0 Å². The van der Waals surface area contributed by atoms with Crippen molar-refractivity contribution < 1.29 is 0 Å². The third-order valence-electron chi connectivity index (χ3n) is 2.17. The maximum Gasteiger partial charge on any atom is 0.0397 e. The second-order valence-electron chi connectivity index (χ2n) is 3.05. The number of rotatable bonds is 1. The zero-order valence-electron chi connectivity index (χ0n) is 7.53. The maximum atomic E-state index is 4.01. The minimum Gasteiger partial charge on any atom is -0.370 e. The van der Waals surface area contributed by atoms with E-state index in [4.69, 9.17) is 0 Å². The van der Waals surface area contributed by atoms with Gasteiger partial charge >= 0.3 is 0 Å². The molecule has 2 rings (SSSR count). The summed E-state index contributed by atoms with van der Waals surface area (Å²) in [7, 11) is 0. The zero-order chi connectivity index (χ0) is 8.93. The van der Waals surface area contributed by atoms with Crippen molar-refractivity contribution in [3.63, 3.8) is 0 Å². The summed E-state index contributed by atoms with van der Waals surface area (Å²) in [6, 6.07) is 4.09. The van der Waals surface area contributed by atoms with Crippen molar-refractivity contribution >= 4 is 5.69 Å². The highest BCUT2D eigenvalue weighted by Crippen LogP contribution is 2.13. The minimum absolute atomic E-state index is 0.975. The van der Waals surface area contributed by atoms with E-state index in [1.54, 1.807) is 0 Å². The molecule has 1 aliphatic heterocycles. The Morgan fingerprint density at radius 2 is 1.69 bits per heavy atom. The molecule has 0 saturated heterocycles. The Balaban J connectivity index is 2.09. The maximum absolute atomic E-state index is 4.01. The van der Waals surface area contributed by atoms with Gasteiger partial charge < -0.3 is 4.90 Å². The first-order valence-electron chi connectivity index (χ1n) is 4.57. The van der Waals surface area contributed by atoms with Crippen molar-refractivity contribution in [2.45, 2.75) is 12.8 Å². The molecule has 1 aliphatic rings. The van der Waals surface area contributed by atoms with Gasteiger partial charge in [-0.3, -0.25) is 4.98 Å². The minimum atomic E-state index is 0.975. The van der Waals surface area contributed by atoms with Crippen LogP contribution in [0.2, 0.25) is 0 Å². The van der Waals surface area contributed by atoms with Gasteiger partial charge in [0, 0.05) is 44.0 Å². The zero-order valence-corrected chi connectivity index (χ0v) is 7.53. The molecule has 13 heavy (non-hydrogen) atoms. The smallest absolute Gasteiger partial charge is 0.0397 e. The lowest BCUT2D eigenvalue weighted by molar-refractivity contribution is 0.815. The lowest BCUT2D eigenvalue weighted by atomic mass is 10.3. The lowest BCUT2D eigenvalue weighted by Gasteiger charge is -2.21. The molecule has 2 heteroatoms. The fourth-order valence-electron chi connectivity index (χ4n) is 1.48. The second-order valence-corrected chi connectivity index (χ2v) is 3.05. The number of anilines is 1. The molecular weight excluding hydrogens is 160 g/mol. The van der Waals surface area contributed by atoms with E-state index in [1.807, 2.05) is 24.5 Å². The fraction of sp³-hybridized carbons (Fsp3) is 0.364. The first-order chi connectivity index (χ1) is 6.47. The molecule has 0 unspecified atom stereocenters. The van der Waals surface area contributed by atoms with Crippen LogP contribution >= 0.6 is 0 Å². The van der Waals surface area contributed by atoms with Gasteiger partial charge in [0.2, 0.25) is 0 Å². The highest BCUT2D eigenvalue weighted by molar-refractivity contribution is 5.45. The van der Waals surface area contributed by atoms with Gasteiger partial charge in [0.05, 0.1) is 0 Å². The van der Waals surface area contributed by atoms with Crippen LogP contribution in [0.4, 0.5) is 5.69 Å². The van der Waals surface area contributed by atoms with E-state index in [0.717, 1.165) is 25.9 Å². The number of hydrogen-bond donors (Lipinski definition) is 0. The first kappa shape index (κ1) is 8.12. The van der Waals surface area contributed by atoms with Crippen molar-refractivity contribution in [1.29, 1.82) is 0 Å². The molecule has 0 fully saturated rings. The van der Waals surface area contributed by atoms with E-state index >= 15 is 0 Å². The summed E-state index contributed by atoms with van der Waals surface area (Å²) in [5, 5.41) is 0. The molecule has 0 bridgehead atoms. The molecule has 0 radical (unpaired) electrons. The van der Waals surface area contributed by atoms with E-state index in [2.05, 4.69) is 21.7 Å². The Kier molecular flexibility index (Phi) is 2.47. The Bertz CT molecular complexity index is 309. The van der Waals surface area contributed by atoms with Gasteiger partial charge in [-0.2, -0.15) is 0 Å². The molecule has 0 aromatic carbocycles. The van der Waals surface area contributed by atoms with E-state index < -0.39 is 0 Å². The largest absolute Gasteiger partial charge is 0.370 e. The fourth-order valence-corrected chi connectivity index (χ4v) is 1.48. The molecule has 0 saturated carbocycles. The van der Waals surface area contributed by atoms with Gasteiger partial charge in [0.25, 0.3) is 0 Å². The van der Waals surface area contributed by atoms with Crippen LogP contribution in [0.3, 0.4) is 0 Å². The molecule has 0 N–H and O–H groups in total. The average molecular weight is 172 g/mol. The third-order valence-corrected chi connectivity index (χ3v) is 2.17. The predicted molar refractivity (Wildman–Crippen MR) is 53.5 cm³/mol. The SMILES string of the molecule is C1#CCCN(c2ccncc2)CC1. The van der Waals surface area contributed by atoms with Crippen LogP contribution < -0.4 is 4.90 Å². The summed E-state index contributed by atoms with van der Waals surface area (Å²) in [5.74, 6) is 6.28. The summed E-state index contributed by atoms with van der Waals surface area (Å²) in [6.45, 7) is 2.08. The van der Waals surface area contributed by atoms with Crippen molar-refractivity contribution in [2.24, 2.45) is 0 Å². The molecule has 0 atom stereocenters. The Morgan fingerprint density at radius 1 is 1.08 bits per heavy atom. The summed E-state index contributed by atoms with van der Waals surface area (Å²) in [5.41, 5.74) is 1.25. The predicted octanol–water partition coefficient (Wildman–Crippen LogP) is 1.69. The van der Waals surface area contributed by atoms with Gasteiger partial charge in [0.15, 0.2) is 0 Å². The number of hydrogen-bond acceptors (Lipinski definition) is 2. The molecule has 2 nitrogen and oxygen atoms in total. The first-order valence-corrected chi connectivity index (χ1v) is 4.57. The summed E-state index contributed by atoms with van der Waals surface area (Å²) in [4.78, 5) is 6.35. The normalized spacial score (nSPS) is 15.8. The highest BCUT2D eigenvalue weighted by atomic mass is 15.1. The second kappa shape index (κ2) is 3.95. The van der Waals surface area contributed by atoms with E-state index in [9.17, 15) is 0 Å². The topological polar surface area (TPSA) is 16.1 Å². The number of nitrogens with zero attached hydrogens (tertiary/aromatic N) is 2. The average Bonchev–Trinajstić information content (AvgIpc) is 2.47. The Labute approximate surface area is 78.6 Å². The van der Waals surface area contributed by atoms with Crippen LogP contribution in [0.1, 0.15) is 12.8 Å². The lowest BCUT2D eigenvalue weighted by Crippen LogP contribution is -2.24. The van der Waals surface area contributed by atoms with Gasteiger partial charge in [-0.05, 0) is 12.1 Å². The summed E-state index contributed by atoms with van der Waals surface area (Å²) >= 11 is 0. The van der Waals surface area contributed by atoms with Crippen molar-refractivity contribution in [3.8, 4) is 11.8 Å². The monoisotopic (exact) mass is 172 g/mol. The van der Waals surface area contributed by atoms with Crippen LogP contribution in [-0.4, -0.2) is 18.1 Å². The van der Waals surface area contributed by atoms with Gasteiger partial charge in [-0.15, -0.1) is 11.8 Å². The van der Waals surface area contributed by atoms with Crippen molar-refractivity contribution in [3.05, 3.63) is 24.5 Å². The summed E-state index contributed by atoms with van der Waals surface area (Å²) in [6.07, 6.45) is 5.62. The van der Waals surface area contributed by atoms with Crippen LogP contribution in [0.15, 0.2) is 24.5 Å². The van der Waals surface area contributed by atoms with Crippen LogP contribution in [-0.2, 0) is 0 Å².